The maximum atomic E-state index is 9.80. The van der Waals surface area contributed by atoms with E-state index in [1.807, 2.05) is 30.7 Å². The van der Waals surface area contributed by atoms with Gasteiger partial charge in [0.15, 0.2) is 5.69 Å². The van der Waals surface area contributed by atoms with E-state index >= 15 is 0 Å². The van der Waals surface area contributed by atoms with Crippen molar-refractivity contribution >= 4 is 11.5 Å². The quantitative estimate of drug-likeness (QED) is 0.462. The maximum Gasteiger partial charge on any atom is 0.328 e. The Morgan fingerprint density at radius 1 is 1.19 bits per heavy atom. The van der Waals surface area contributed by atoms with Crippen LogP contribution in [-0.4, -0.2) is 32.7 Å². The van der Waals surface area contributed by atoms with Gasteiger partial charge in [-0.25, -0.2) is 9.97 Å². The number of H-pyrrole nitrogens is 1. The third-order valence-corrected chi connectivity index (χ3v) is 4.60. The van der Waals surface area contributed by atoms with Crippen LogP contribution in [0.25, 0.3) is 16.9 Å². The Morgan fingerprint density at radius 3 is 2.78 bits per heavy atom. The molecule has 0 spiro atoms. The molecule has 0 bridgehead atoms. The number of aromatic amines is 1. The van der Waals surface area contributed by atoms with Crippen LogP contribution in [0.4, 0.5) is 5.82 Å². The number of benzene rings is 1. The number of nitrogens with one attached hydrogen (secondary N) is 2. The Kier molecular flexibility index (Phi) is 4.80. The van der Waals surface area contributed by atoms with E-state index in [2.05, 4.69) is 55.9 Å². The highest BCUT2D eigenvalue weighted by Crippen LogP contribution is 2.19. The summed E-state index contributed by atoms with van der Waals surface area (Å²) in [6.45, 7) is 2.08. The van der Waals surface area contributed by atoms with Gasteiger partial charge in [-0.3, -0.25) is 4.98 Å². The van der Waals surface area contributed by atoms with Crippen LogP contribution in [0.5, 0.6) is 0 Å². The summed E-state index contributed by atoms with van der Waals surface area (Å²) in [5.41, 5.74) is 5.34. The van der Waals surface area contributed by atoms with Crippen molar-refractivity contribution in [1.82, 2.24) is 15.0 Å². The predicted octanol–water partition coefficient (Wildman–Crippen LogP) is 2.53. The molecule has 0 saturated heterocycles. The number of pyridine rings is 1. The number of nitrogens with zero attached hydrogens (tertiary/aromatic N) is 3. The van der Waals surface area contributed by atoms with E-state index in [4.69, 9.17) is 0 Å². The van der Waals surface area contributed by atoms with E-state index in [-0.39, 0.29) is 12.6 Å². The lowest BCUT2D eigenvalue weighted by Crippen LogP contribution is -2.30. The molecule has 0 saturated carbocycles. The van der Waals surface area contributed by atoms with Gasteiger partial charge in [-0.15, -0.1) is 0 Å². The van der Waals surface area contributed by atoms with Gasteiger partial charge < -0.3 is 10.4 Å². The highest BCUT2D eigenvalue weighted by atomic mass is 16.3. The molecule has 3 N–H and O–H groups in total. The number of hydrogen-bond donors (Lipinski definition) is 3. The van der Waals surface area contributed by atoms with Crippen LogP contribution in [0.2, 0.25) is 0 Å². The summed E-state index contributed by atoms with van der Waals surface area (Å²) in [6.07, 6.45) is 9.90. The lowest BCUT2D eigenvalue weighted by molar-refractivity contribution is -0.497. The van der Waals surface area contributed by atoms with E-state index in [9.17, 15) is 5.11 Å². The largest absolute Gasteiger partial charge is 0.394 e. The van der Waals surface area contributed by atoms with Crippen molar-refractivity contribution in [3.63, 3.8) is 0 Å². The Labute approximate surface area is 157 Å². The molecule has 136 valence electrons. The van der Waals surface area contributed by atoms with Crippen molar-refractivity contribution < 1.29 is 9.51 Å². The van der Waals surface area contributed by atoms with Crippen LogP contribution in [0.15, 0.2) is 67.4 Å². The normalized spacial score (nSPS) is 12.2. The minimum Gasteiger partial charge on any atom is -0.394 e. The Balaban J connectivity index is 1.63. The summed E-state index contributed by atoms with van der Waals surface area (Å²) in [4.78, 5) is 11.9. The average Bonchev–Trinajstić information content (AvgIpc) is 3.14. The number of hydrogen-bond acceptors (Lipinski definition) is 4. The zero-order chi connectivity index (χ0) is 18.6. The van der Waals surface area contributed by atoms with Crippen LogP contribution in [0.1, 0.15) is 11.1 Å². The number of aryl methyl sites for hydroxylation is 1. The van der Waals surface area contributed by atoms with E-state index in [0.717, 1.165) is 22.5 Å². The van der Waals surface area contributed by atoms with Crippen LogP contribution in [-0.2, 0) is 6.42 Å². The molecule has 0 aliphatic heterocycles. The molecule has 27 heavy (non-hydrogen) atoms. The van der Waals surface area contributed by atoms with Gasteiger partial charge in [-0.2, -0.15) is 4.40 Å². The average molecular weight is 360 g/mol. The first kappa shape index (κ1) is 17.2. The van der Waals surface area contributed by atoms with Crippen LogP contribution in [0, 0.1) is 6.92 Å². The summed E-state index contributed by atoms with van der Waals surface area (Å²) in [5, 5.41) is 13.2. The van der Waals surface area contributed by atoms with Crippen molar-refractivity contribution in [2.45, 2.75) is 19.4 Å². The van der Waals surface area contributed by atoms with Crippen molar-refractivity contribution in [2.75, 3.05) is 11.9 Å². The van der Waals surface area contributed by atoms with Gasteiger partial charge >= 0.3 is 5.65 Å². The lowest BCUT2D eigenvalue weighted by Gasteiger charge is -2.15. The number of anilines is 1. The fourth-order valence-electron chi connectivity index (χ4n) is 3.18. The molecule has 0 amide bonds. The third kappa shape index (κ3) is 3.66. The smallest absolute Gasteiger partial charge is 0.328 e. The highest BCUT2D eigenvalue weighted by molar-refractivity contribution is 5.63. The third-order valence-electron chi connectivity index (χ3n) is 4.60. The molecule has 0 unspecified atom stereocenters. The second kappa shape index (κ2) is 7.55. The number of aliphatic hydroxyl groups excluding tert-OH is 1. The van der Waals surface area contributed by atoms with Crippen LogP contribution in [0.3, 0.4) is 0 Å². The van der Waals surface area contributed by atoms with Gasteiger partial charge in [0.2, 0.25) is 5.82 Å². The number of imidazole rings is 1. The first-order valence-corrected chi connectivity index (χ1v) is 8.95. The van der Waals surface area contributed by atoms with Crippen LogP contribution >= 0.6 is 0 Å². The van der Waals surface area contributed by atoms with Gasteiger partial charge in [0.1, 0.15) is 12.4 Å². The van der Waals surface area contributed by atoms with Crippen molar-refractivity contribution in [2.24, 2.45) is 0 Å². The molecule has 0 fully saturated rings. The number of aromatic nitrogens is 4. The van der Waals surface area contributed by atoms with E-state index in [0.29, 0.717) is 12.2 Å². The minimum absolute atomic E-state index is 0.00313. The molecular weight excluding hydrogens is 338 g/mol. The molecule has 0 aliphatic carbocycles. The first-order valence-electron chi connectivity index (χ1n) is 8.95. The molecule has 4 aromatic rings. The van der Waals surface area contributed by atoms with E-state index < -0.39 is 0 Å². The van der Waals surface area contributed by atoms with Crippen molar-refractivity contribution in [3.8, 4) is 11.3 Å². The van der Waals surface area contributed by atoms with Crippen molar-refractivity contribution in [1.29, 1.82) is 0 Å². The molecular formula is C21H22N5O+. The summed E-state index contributed by atoms with van der Waals surface area (Å²) in [5.74, 6) is 0.707. The number of rotatable bonds is 6. The Bertz CT molecular complexity index is 1030. The second-order valence-electron chi connectivity index (χ2n) is 6.62. The lowest BCUT2D eigenvalue weighted by atomic mass is 10.1. The fraction of sp³-hybridized carbons (Fsp3) is 0.190. The summed E-state index contributed by atoms with van der Waals surface area (Å²) in [7, 11) is 0. The molecule has 1 aromatic carbocycles. The second-order valence-corrected chi connectivity index (χ2v) is 6.62. The summed E-state index contributed by atoms with van der Waals surface area (Å²) < 4.78 is 2.07. The number of aliphatic hydroxyl groups is 1. The Morgan fingerprint density at radius 2 is 2.04 bits per heavy atom. The monoisotopic (exact) mass is 360 g/mol. The van der Waals surface area contributed by atoms with Gasteiger partial charge in [-0.05, 0) is 25.0 Å². The van der Waals surface area contributed by atoms with Gasteiger partial charge in [0.25, 0.3) is 0 Å². The van der Waals surface area contributed by atoms with Gasteiger partial charge in [0, 0.05) is 18.0 Å². The molecule has 6 nitrogen and oxygen atoms in total. The predicted molar refractivity (Wildman–Crippen MR) is 104 cm³/mol. The summed E-state index contributed by atoms with van der Waals surface area (Å²) >= 11 is 0. The van der Waals surface area contributed by atoms with Gasteiger partial charge in [-0.1, -0.05) is 35.9 Å². The molecule has 3 heterocycles. The molecule has 0 aliphatic rings. The minimum atomic E-state index is -0.154. The molecule has 4 rings (SSSR count). The highest BCUT2D eigenvalue weighted by Gasteiger charge is 2.19. The zero-order valence-electron chi connectivity index (χ0n) is 15.1. The molecule has 1 atom stereocenters. The molecule has 6 heteroatoms. The standard InChI is InChI=1S/C21H21N5O/c1-15-4-6-17(7-5-15)19-13-24-21-20(23-9-10-26(19)21)25-18(14-27)11-16-3-2-8-22-12-16/h2-10,12-13,18,27H,11,14H2,1H3,(H,23,25)/p+1/t18-/m0/s1. The van der Waals surface area contributed by atoms with Gasteiger partial charge in [0.05, 0.1) is 18.8 Å². The van der Waals surface area contributed by atoms with Crippen molar-refractivity contribution in [3.05, 3.63) is 78.5 Å². The van der Waals surface area contributed by atoms with E-state index in [1.54, 1.807) is 12.4 Å². The maximum absolute atomic E-state index is 9.80. The number of fused-ring (bicyclic) bond motifs is 1. The van der Waals surface area contributed by atoms with Crippen LogP contribution < -0.4 is 9.72 Å². The first-order chi connectivity index (χ1) is 13.2. The Hall–Kier alpha value is -3.25. The SMILES string of the molecule is Cc1ccc(-c2c[nH]c3c(N[C@H](CO)Cc4cccnc4)ncc[n+]23)cc1. The topological polar surface area (TPSA) is 77.9 Å². The molecule has 3 aromatic heterocycles. The van der Waals surface area contributed by atoms with E-state index in [1.165, 1.54) is 5.56 Å². The molecule has 0 radical (unpaired) electrons. The fourth-order valence-corrected chi connectivity index (χ4v) is 3.18. The zero-order valence-corrected chi connectivity index (χ0v) is 15.1. The summed E-state index contributed by atoms with van der Waals surface area (Å²) in [6, 6.07) is 12.2.